The molecule has 1 amide bonds. The predicted molar refractivity (Wildman–Crippen MR) is 88.3 cm³/mol. The summed E-state index contributed by atoms with van der Waals surface area (Å²) in [5.41, 5.74) is 4.40. The van der Waals surface area contributed by atoms with Crippen LogP contribution in [0.3, 0.4) is 0 Å². The van der Waals surface area contributed by atoms with Crippen molar-refractivity contribution in [1.29, 1.82) is 0 Å². The Labute approximate surface area is 134 Å². The molecule has 1 N–H and O–H groups in total. The van der Waals surface area contributed by atoms with Crippen LogP contribution in [0, 0.1) is 20.8 Å². The summed E-state index contributed by atoms with van der Waals surface area (Å²) in [6, 6.07) is 12.9. The minimum absolute atomic E-state index is 0.146. The minimum Gasteiger partial charge on any atom is -0.421 e. The Balaban J connectivity index is 1.79. The Bertz CT molecular complexity index is 851. The van der Waals surface area contributed by atoms with Gasteiger partial charge in [-0.2, -0.15) is 0 Å². The fourth-order valence-electron chi connectivity index (χ4n) is 2.26. The highest BCUT2D eigenvalue weighted by molar-refractivity contribution is 6.04. The number of nitrogens with one attached hydrogen (secondary N) is 1. The zero-order valence-corrected chi connectivity index (χ0v) is 13.3. The first-order valence-electron chi connectivity index (χ1n) is 7.32. The molecule has 0 saturated carbocycles. The third kappa shape index (κ3) is 3.13. The Morgan fingerprint density at radius 3 is 2.39 bits per heavy atom. The van der Waals surface area contributed by atoms with Gasteiger partial charge in [0.1, 0.15) is 0 Å². The molecular weight excluding hydrogens is 290 g/mol. The van der Waals surface area contributed by atoms with E-state index in [0.717, 1.165) is 22.4 Å². The van der Waals surface area contributed by atoms with E-state index in [1.807, 2.05) is 32.0 Å². The summed E-state index contributed by atoms with van der Waals surface area (Å²) in [5.74, 6) is 0.813. The molecule has 5 heteroatoms. The van der Waals surface area contributed by atoms with Crippen LogP contribution in [0.4, 0.5) is 5.69 Å². The smallest absolute Gasteiger partial charge is 0.255 e. The summed E-state index contributed by atoms with van der Waals surface area (Å²) >= 11 is 0. The van der Waals surface area contributed by atoms with Crippen LogP contribution in [0.5, 0.6) is 0 Å². The molecule has 0 bridgehead atoms. The van der Waals surface area contributed by atoms with E-state index in [-0.39, 0.29) is 5.91 Å². The number of hydrogen-bond donors (Lipinski definition) is 1. The Kier molecular flexibility index (Phi) is 3.93. The van der Waals surface area contributed by atoms with Crippen molar-refractivity contribution in [3.8, 4) is 11.5 Å². The van der Waals surface area contributed by atoms with Gasteiger partial charge in [0.05, 0.1) is 0 Å². The average Bonchev–Trinajstić information content (AvgIpc) is 2.98. The molecule has 3 aromatic rings. The monoisotopic (exact) mass is 307 g/mol. The summed E-state index contributed by atoms with van der Waals surface area (Å²) in [5, 5.41) is 10.7. The fourth-order valence-corrected chi connectivity index (χ4v) is 2.26. The van der Waals surface area contributed by atoms with Crippen LogP contribution in [0.1, 0.15) is 27.4 Å². The topological polar surface area (TPSA) is 68.0 Å². The van der Waals surface area contributed by atoms with E-state index < -0.39 is 0 Å². The first kappa shape index (κ1) is 15.0. The summed E-state index contributed by atoms with van der Waals surface area (Å²) in [6.45, 7) is 5.75. The molecule has 116 valence electrons. The van der Waals surface area contributed by atoms with Gasteiger partial charge in [0, 0.05) is 23.7 Å². The van der Waals surface area contributed by atoms with Crippen molar-refractivity contribution < 1.29 is 9.21 Å². The third-order valence-electron chi connectivity index (χ3n) is 3.77. The van der Waals surface area contributed by atoms with Gasteiger partial charge in [0.15, 0.2) is 0 Å². The number of amides is 1. The Hall–Kier alpha value is -2.95. The van der Waals surface area contributed by atoms with Crippen LogP contribution in [-0.4, -0.2) is 16.1 Å². The summed E-state index contributed by atoms with van der Waals surface area (Å²) < 4.78 is 5.37. The second-order valence-electron chi connectivity index (χ2n) is 5.41. The quantitative estimate of drug-likeness (QED) is 0.796. The van der Waals surface area contributed by atoms with E-state index in [2.05, 4.69) is 15.5 Å². The second kappa shape index (κ2) is 6.04. The lowest BCUT2D eigenvalue weighted by atomic mass is 10.1. The molecule has 0 radical (unpaired) electrons. The molecule has 0 spiro atoms. The normalized spacial score (nSPS) is 10.6. The highest BCUT2D eigenvalue weighted by Gasteiger charge is 2.10. The molecule has 0 aliphatic carbocycles. The highest BCUT2D eigenvalue weighted by Crippen LogP contribution is 2.21. The largest absolute Gasteiger partial charge is 0.421 e. The number of nitrogens with zero attached hydrogens (tertiary/aromatic N) is 2. The van der Waals surface area contributed by atoms with Crippen molar-refractivity contribution in [1.82, 2.24) is 10.2 Å². The van der Waals surface area contributed by atoms with Gasteiger partial charge in [-0.15, -0.1) is 10.2 Å². The molecule has 1 heterocycles. The first-order valence-corrected chi connectivity index (χ1v) is 7.32. The van der Waals surface area contributed by atoms with Gasteiger partial charge in [-0.3, -0.25) is 4.79 Å². The van der Waals surface area contributed by atoms with Crippen molar-refractivity contribution in [3.63, 3.8) is 0 Å². The maximum atomic E-state index is 12.4. The SMILES string of the molecule is Cc1nnc(-c2ccc(C(=O)Nc3cccc(C)c3C)cc2)o1. The predicted octanol–water partition coefficient (Wildman–Crippen LogP) is 3.91. The van der Waals surface area contributed by atoms with Crippen LogP contribution < -0.4 is 5.32 Å². The molecule has 0 atom stereocenters. The summed E-state index contributed by atoms with van der Waals surface area (Å²) in [6.07, 6.45) is 0. The fraction of sp³-hybridized carbons (Fsp3) is 0.167. The molecule has 2 aromatic carbocycles. The molecule has 0 aliphatic rings. The van der Waals surface area contributed by atoms with Crippen molar-refractivity contribution in [2.75, 3.05) is 5.32 Å². The minimum atomic E-state index is -0.146. The van der Waals surface area contributed by atoms with Gasteiger partial charge in [-0.25, -0.2) is 0 Å². The standard InChI is InChI=1S/C18H17N3O2/c1-11-5-4-6-16(12(11)2)19-17(22)14-7-9-15(10-8-14)18-21-20-13(3)23-18/h4-10H,1-3H3,(H,19,22). The van der Waals surface area contributed by atoms with Crippen LogP contribution in [-0.2, 0) is 0 Å². The van der Waals surface area contributed by atoms with Crippen LogP contribution in [0.25, 0.3) is 11.5 Å². The van der Waals surface area contributed by atoms with Gasteiger partial charge in [0.25, 0.3) is 5.91 Å². The zero-order valence-electron chi connectivity index (χ0n) is 13.3. The average molecular weight is 307 g/mol. The van der Waals surface area contributed by atoms with Crippen molar-refractivity contribution in [2.45, 2.75) is 20.8 Å². The number of aromatic nitrogens is 2. The van der Waals surface area contributed by atoms with E-state index in [4.69, 9.17) is 4.42 Å². The Morgan fingerprint density at radius 1 is 1.00 bits per heavy atom. The van der Waals surface area contributed by atoms with Gasteiger partial charge in [-0.05, 0) is 55.3 Å². The molecule has 23 heavy (non-hydrogen) atoms. The van der Waals surface area contributed by atoms with Gasteiger partial charge < -0.3 is 9.73 Å². The zero-order chi connectivity index (χ0) is 16.4. The van der Waals surface area contributed by atoms with Gasteiger partial charge in [-0.1, -0.05) is 12.1 Å². The van der Waals surface area contributed by atoms with E-state index in [0.29, 0.717) is 17.3 Å². The molecule has 0 fully saturated rings. The molecule has 0 aliphatic heterocycles. The van der Waals surface area contributed by atoms with E-state index in [1.54, 1.807) is 31.2 Å². The lowest BCUT2D eigenvalue weighted by Gasteiger charge is -2.10. The maximum absolute atomic E-state index is 12.4. The molecular formula is C18H17N3O2. The number of carbonyl (C=O) groups is 1. The second-order valence-corrected chi connectivity index (χ2v) is 5.41. The number of carbonyl (C=O) groups excluding carboxylic acids is 1. The number of rotatable bonds is 3. The first-order chi connectivity index (χ1) is 11.0. The van der Waals surface area contributed by atoms with E-state index >= 15 is 0 Å². The highest BCUT2D eigenvalue weighted by atomic mass is 16.4. The molecule has 1 aromatic heterocycles. The van der Waals surface area contributed by atoms with Gasteiger partial charge >= 0.3 is 0 Å². The van der Waals surface area contributed by atoms with Crippen LogP contribution in [0.15, 0.2) is 46.9 Å². The van der Waals surface area contributed by atoms with Crippen molar-refractivity contribution >= 4 is 11.6 Å². The summed E-state index contributed by atoms with van der Waals surface area (Å²) in [7, 11) is 0. The molecule has 0 unspecified atom stereocenters. The lowest BCUT2D eigenvalue weighted by Crippen LogP contribution is -2.12. The van der Waals surface area contributed by atoms with Crippen molar-refractivity contribution in [3.05, 3.63) is 65.0 Å². The van der Waals surface area contributed by atoms with Gasteiger partial charge in [0.2, 0.25) is 11.8 Å². The number of benzene rings is 2. The van der Waals surface area contributed by atoms with Crippen molar-refractivity contribution in [2.24, 2.45) is 0 Å². The number of hydrogen-bond acceptors (Lipinski definition) is 4. The Morgan fingerprint density at radius 2 is 1.74 bits per heavy atom. The van der Waals surface area contributed by atoms with Crippen LogP contribution >= 0.6 is 0 Å². The van der Waals surface area contributed by atoms with Crippen LogP contribution in [0.2, 0.25) is 0 Å². The molecule has 5 nitrogen and oxygen atoms in total. The van der Waals surface area contributed by atoms with E-state index in [9.17, 15) is 4.79 Å². The van der Waals surface area contributed by atoms with E-state index in [1.165, 1.54) is 0 Å². The number of aryl methyl sites for hydroxylation is 2. The molecule has 0 saturated heterocycles. The third-order valence-corrected chi connectivity index (χ3v) is 3.77. The molecule has 3 rings (SSSR count). The number of anilines is 1. The lowest BCUT2D eigenvalue weighted by molar-refractivity contribution is 0.102. The maximum Gasteiger partial charge on any atom is 0.255 e. The summed E-state index contributed by atoms with van der Waals surface area (Å²) in [4.78, 5) is 12.4.